The molecule has 0 saturated heterocycles. The van der Waals surface area contributed by atoms with Crippen molar-refractivity contribution in [2.45, 2.75) is 44.3 Å². The largest absolute Gasteiger partial charge is 0.388 e. The van der Waals surface area contributed by atoms with Crippen LogP contribution in [0.3, 0.4) is 0 Å². The SMILES string of the molecule is CC1CCCC(SCCC(=N)N)C1. The number of thioether (sulfide) groups is 1. The van der Waals surface area contributed by atoms with Crippen LogP contribution in [-0.4, -0.2) is 16.8 Å². The Morgan fingerprint density at radius 2 is 2.31 bits per heavy atom. The highest BCUT2D eigenvalue weighted by molar-refractivity contribution is 7.99. The van der Waals surface area contributed by atoms with Crippen LogP contribution in [0.4, 0.5) is 0 Å². The molecule has 0 amide bonds. The van der Waals surface area contributed by atoms with E-state index in [0.29, 0.717) is 5.84 Å². The van der Waals surface area contributed by atoms with E-state index in [2.05, 4.69) is 6.92 Å². The third kappa shape index (κ3) is 4.55. The molecule has 3 heteroatoms. The van der Waals surface area contributed by atoms with Crippen molar-refractivity contribution in [1.29, 1.82) is 5.41 Å². The van der Waals surface area contributed by atoms with Crippen molar-refractivity contribution in [2.75, 3.05) is 5.75 Å². The molecule has 76 valence electrons. The van der Waals surface area contributed by atoms with Crippen molar-refractivity contribution in [1.82, 2.24) is 0 Å². The van der Waals surface area contributed by atoms with Crippen molar-refractivity contribution in [2.24, 2.45) is 11.7 Å². The molecule has 0 aromatic carbocycles. The molecule has 2 unspecified atom stereocenters. The zero-order chi connectivity index (χ0) is 9.68. The Morgan fingerprint density at radius 1 is 1.54 bits per heavy atom. The van der Waals surface area contributed by atoms with Crippen LogP contribution in [-0.2, 0) is 0 Å². The normalized spacial score (nSPS) is 28.7. The van der Waals surface area contributed by atoms with E-state index in [1.165, 1.54) is 25.7 Å². The predicted molar refractivity (Wildman–Crippen MR) is 60.4 cm³/mol. The van der Waals surface area contributed by atoms with Gasteiger partial charge in [0.2, 0.25) is 0 Å². The molecule has 1 rings (SSSR count). The molecule has 0 aromatic heterocycles. The van der Waals surface area contributed by atoms with Crippen LogP contribution < -0.4 is 5.73 Å². The summed E-state index contributed by atoms with van der Waals surface area (Å²) in [7, 11) is 0. The molecule has 0 bridgehead atoms. The minimum atomic E-state index is 0.330. The number of rotatable bonds is 4. The minimum Gasteiger partial charge on any atom is -0.388 e. The van der Waals surface area contributed by atoms with Crippen LogP contribution in [0.1, 0.15) is 39.0 Å². The average molecular weight is 200 g/mol. The first-order chi connectivity index (χ1) is 6.18. The zero-order valence-corrected chi connectivity index (χ0v) is 9.20. The third-order valence-electron chi connectivity index (χ3n) is 2.61. The number of nitrogens with two attached hydrogens (primary N) is 1. The lowest BCUT2D eigenvalue weighted by atomic mass is 9.91. The summed E-state index contributed by atoms with van der Waals surface area (Å²) in [5, 5.41) is 7.95. The first kappa shape index (κ1) is 10.9. The van der Waals surface area contributed by atoms with Gasteiger partial charge in [0.05, 0.1) is 5.84 Å². The summed E-state index contributed by atoms with van der Waals surface area (Å²) in [6.07, 6.45) is 6.29. The van der Waals surface area contributed by atoms with Gasteiger partial charge in [0.1, 0.15) is 0 Å². The van der Waals surface area contributed by atoms with Gasteiger partial charge in [-0.1, -0.05) is 19.8 Å². The fraction of sp³-hybridized carbons (Fsp3) is 0.900. The van der Waals surface area contributed by atoms with E-state index < -0.39 is 0 Å². The highest BCUT2D eigenvalue weighted by Gasteiger charge is 2.18. The molecule has 0 aromatic rings. The first-order valence-corrected chi connectivity index (χ1v) is 6.18. The summed E-state index contributed by atoms with van der Waals surface area (Å²) in [6, 6.07) is 0. The first-order valence-electron chi connectivity index (χ1n) is 5.13. The lowest BCUT2D eigenvalue weighted by molar-refractivity contribution is 0.394. The fourth-order valence-corrected chi connectivity index (χ4v) is 3.33. The molecule has 1 aliphatic carbocycles. The monoisotopic (exact) mass is 200 g/mol. The molecule has 0 heterocycles. The quantitative estimate of drug-likeness (QED) is 0.541. The van der Waals surface area contributed by atoms with E-state index in [1.807, 2.05) is 11.8 Å². The summed E-state index contributed by atoms with van der Waals surface area (Å²) < 4.78 is 0. The molecule has 1 aliphatic rings. The summed E-state index contributed by atoms with van der Waals surface area (Å²) in [5.74, 6) is 2.27. The Balaban J connectivity index is 2.10. The van der Waals surface area contributed by atoms with E-state index >= 15 is 0 Å². The number of hydrogen-bond donors (Lipinski definition) is 2. The lowest BCUT2D eigenvalue weighted by Crippen LogP contribution is -2.17. The van der Waals surface area contributed by atoms with Crippen LogP contribution in [0.15, 0.2) is 0 Å². The second-order valence-corrected chi connectivity index (χ2v) is 5.45. The van der Waals surface area contributed by atoms with E-state index in [4.69, 9.17) is 11.1 Å². The van der Waals surface area contributed by atoms with Crippen molar-refractivity contribution in [3.63, 3.8) is 0 Å². The Bertz CT molecular complexity index is 170. The Labute approximate surface area is 85.2 Å². The molecule has 13 heavy (non-hydrogen) atoms. The molecule has 0 radical (unpaired) electrons. The topological polar surface area (TPSA) is 49.9 Å². The summed E-state index contributed by atoms with van der Waals surface area (Å²) >= 11 is 2.01. The molecule has 0 aliphatic heterocycles. The van der Waals surface area contributed by atoms with Crippen LogP contribution in [0.25, 0.3) is 0 Å². The van der Waals surface area contributed by atoms with Gasteiger partial charge < -0.3 is 5.73 Å². The summed E-state index contributed by atoms with van der Waals surface area (Å²) in [4.78, 5) is 0. The molecule has 0 spiro atoms. The standard InChI is InChI=1S/C10H20N2S/c1-8-3-2-4-9(7-8)13-6-5-10(11)12/h8-9H,2-7H2,1H3,(H3,11,12). The molecule has 1 fully saturated rings. The van der Waals surface area contributed by atoms with Crippen LogP contribution in [0.5, 0.6) is 0 Å². The van der Waals surface area contributed by atoms with Gasteiger partial charge in [-0.2, -0.15) is 11.8 Å². The second kappa shape index (κ2) is 5.53. The smallest absolute Gasteiger partial charge is 0.0913 e. The highest BCUT2D eigenvalue weighted by atomic mass is 32.2. The molecule has 2 atom stereocenters. The zero-order valence-electron chi connectivity index (χ0n) is 8.38. The Hall–Kier alpha value is -0.180. The molecule has 1 saturated carbocycles. The van der Waals surface area contributed by atoms with Crippen LogP contribution in [0.2, 0.25) is 0 Å². The molecular weight excluding hydrogens is 180 g/mol. The second-order valence-electron chi connectivity index (χ2n) is 4.04. The van der Waals surface area contributed by atoms with E-state index in [9.17, 15) is 0 Å². The van der Waals surface area contributed by atoms with Gasteiger partial charge in [0.15, 0.2) is 0 Å². The van der Waals surface area contributed by atoms with Crippen molar-refractivity contribution >= 4 is 17.6 Å². The highest BCUT2D eigenvalue weighted by Crippen LogP contribution is 2.31. The van der Waals surface area contributed by atoms with E-state index in [1.54, 1.807) is 0 Å². The fourth-order valence-electron chi connectivity index (χ4n) is 1.87. The van der Waals surface area contributed by atoms with Crippen molar-refractivity contribution in [3.05, 3.63) is 0 Å². The predicted octanol–water partition coefficient (Wildman–Crippen LogP) is 2.62. The van der Waals surface area contributed by atoms with Gasteiger partial charge in [-0.3, -0.25) is 5.41 Å². The lowest BCUT2D eigenvalue weighted by Gasteiger charge is -2.26. The minimum absolute atomic E-state index is 0.330. The summed E-state index contributed by atoms with van der Waals surface area (Å²) in [6.45, 7) is 2.34. The molecule has 3 N–H and O–H groups in total. The average Bonchev–Trinajstić information content (AvgIpc) is 2.03. The van der Waals surface area contributed by atoms with Gasteiger partial charge in [-0.25, -0.2) is 0 Å². The maximum atomic E-state index is 7.12. The van der Waals surface area contributed by atoms with Gasteiger partial charge in [-0.05, 0) is 18.8 Å². The Morgan fingerprint density at radius 3 is 2.92 bits per heavy atom. The van der Waals surface area contributed by atoms with Gasteiger partial charge in [-0.15, -0.1) is 0 Å². The number of hydrogen-bond acceptors (Lipinski definition) is 2. The molecular formula is C10H20N2S. The third-order valence-corrected chi connectivity index (χ3v) is 3.95. The van der Waals surface area contributed by atoms with E-state index in [0.717, 1.165) is 23.3 Å². The van der Waals surface area contributed by atoms with Gasteiger partial charge >= 0.3 is 0 Å². The Kier molecular flexibility index (Phi) is 4.64. The number of amidine groups is 1. The maximum absolute atomic E-state index is 7.12. The van der Waals surface area contributed by atoms with Gasteiger partial charge in [0.25, 0.3) is 0 Å². The van der Waals surface area contributed by atoms with Gasteiger partial charge in [0, 0.05) is 17.4 Å². The van der Waals surface area contributed by atoms with Crippen LogP contribution in [0, 0.1) is 11.3 Å². The summed E-state index contributed by atoms with van der Waals surface area (Å²) in [5.41, 5.74) is 5.31. The maximum Gasteiger partial charge on any atom is 0.0913 e. The number of nitrogens with one attached hydrogen (secondary N) is 1. The molecule has 2 nitrogen and oxygen atoms in total. The van der Waals surface area contributed by atoms with Crippen molar-refractivity contribution < 1.29 is 0 Å². The van der Waals surface area contributed by atoms with E-state index in [-0.39, 0.29) is 0 Å². The van der Waals surface area contributed by atoms with Crippen molar-refractivity contribution in [3.8, 4) is 0 Å². The van der Waals surface area contributed by atoms with Crippen LogP contribution >= 0.6 is 11.8 Å².